The van der Waals surface area contributed by atoms with Crippen LogP contribution in [0.3, 0.4) is 0 Å². The highest BCUT2D eigenvalue weighted by atomic mass is 16.5. The zero-order valence-electron chi connectivity index (χ0n) is 11.6. The van der Waals surface area contributed by atoms with E-state index < -0.39 is 5.97 Å². The lowest BCUT2D eigenvalue weighted by atomic mass is 10.1. The number of para-hydroxylation sites is 1. The Morgan fingerprint density at radius 2 is 2.15 bits per heavy atom. The molecule has 106 valence electrons. The van der Waals surface area contributed by atoms with Crippen molar-refractivity contribution < 1.29 is 14.6 Å². The summed E-state index contributed by atoms with van der Waals surface area (Å²) in [6, 6.07) is 9.02. The lowest BCUT2D eigenvalue weighted by Crippen LogP contribution is -2.14. The van der Waals surface area contributed by atoms with Crippen LogP contribution in [0.15, 0.2) is 30.3 Å². The number of nitrogens with one attached hydrogen (secondary N) is 1. The maximum Gasteiger partial charge on any atom is 0.354 e. The van der Waals surface area contributed by atoms with E-state index in [9.17, 15) is 4.79 Å². The molecule has 0 bridgehead atoms. The fourth-order valence-corrected chi connectivity index (χ4v) is 1.91. The van der Waals surface area contributed by atoms with Crippen molar-refractivity contribution in [3.05, 3.63) is 36.0 Å². The van der Waals surface area contributed by atoms with Crippen molar-refractivity contribution in [1.29, 1.82) is 0 Å². The lowest BCUT2D eigenvalue weighted by Gasteiger charge is -2.12. The molecule has 0 aliphatic heterocycles. The highest BCUT2D eigenvalue weighted by Crippen LogP contribution is 2.23. The molecule has 2 N–H and O–H groups in total. The summed E-state index contributed by atoms with van der Waals surface area (Å²) in [4.78, 5) is 15.2. The van der Waals surface area contributed by atoms with Gasteiger partial charge in [-0.05, 0) is 26.0 Å². The van der Waals surface area contributed by atoms with Crippen molar-refractivity contribution in [3.8, 4) is 0 Å². The topological polar surface area (TPSA) is 71.5 Å². The van der Waals surface area contributed by atoms with E-state index >= 15 is 0 Å². The van der Waals surface area contributed by atoms with Crippen molar-refractivity contribution in [2.24, 2.45) is 0 Å². The van der Waals surface area contributed by atoms with Gasteiger partial charge in [-0.3, -0.25) is 0 Å². The van der Waals surface area contributed by atoms with Gasteiger partial charge in [-0.2, -0.15) is 0 Å². The van der Waals surface area contributed by atoms with E-state index in [0.717, 1.165) is 11.1 Å². The highest BCUT2D eigenvalue weighted by Gasteiger charge is 2.10. The maximum absolute atomic E-state index is 11.1. The Morgan fingerprint density at radius 3 is 2.85 bits per heavy atom. The number of carboxylic acid groups (broad SMARTS) is 1. The molecular weight excluding hydrogens is 256 g/mol. The van der Waals surface area contributed by atoms with E-state index in [1.54, 1.807) is 12.1 Å². The average molecular weight is 274 g/mol. The molecule has 1 aromatic carbocycles. The van der Waals surface area contributed by atoms with Gasteiger partial charge in [0.15, 0.2) is 5.69 Å². The summed E-state index contributed by atoms with van der Waals surface area (Å²) in [7, 11) is 0. The molecular formula is C15H18N2O3. The Bertz CT molecular complexity index is 611. The number of hydrogen-bond donors (Lipinski definition) is 2. The molecule has 2 aromatic rings. The molecule has 0 saturated carbocycles. The van der Waals surface area contributed by atoms with E-state index in [-0.39, 0.29) is 11.8 Å². The monoisotopic (exact) mass is 274 g/mol. The van der Waals surface area contributed by atoms with Gasteiger partial charge >= 0.3 is 5.97 Å². The first-order valence-corrected chi connectivity index (χ1v) is 6.56. The van der Waals surface area contributed by atoms with Crippen LogP contribution < -0.4 is 5.32 Å². The Labute approximate surface area is 117 Å². The molecule has 0 unspecified atom stereocenters. The van der Waals surface area contributed by atoms with Gasteiger partial charge in [0.1, 0.15) is 0 Å². The number of pyridine rings is 1. The lowest BCUT2D eigenvalue weighted by molar-refractivity contribution is 0.0691. The van der Waals surface area contributed by atoms with Crippen LogP contribution in [-0.4, -0.2) is 35.3 Å². The van der Waals surface area contributed by atoms with Gasteiger partial charge in [0.2, 0.25) is 0 Å². The quantitative estimate of drug-likeness (QED) is 0.792. The first kappa shape index (κ1) is 14.3. The van der Waals surface area contributed by atoms with Crippen LogP contribution in [0.25, 0.3) is 10.9 Å². The number of aromatic nitrogens is 1. The first-order valence-electron chi connectivity index (χ1n) is 6.56. The molecule has 0 saturated heterocycles. The van der Waals surface area contributed by atoms with Gasteiger partial charge in [-0.25, -0.2) is 9.78 Å². The number of hydrogen-bond acceptors (Lipinski definition) is 4. The molecule has 0 amide bonds. The van der Waals surface area contributed by atoms with E-state index in [0.29, 0.717) is 18.7 Å². The Balaban J connectivity index is 2.23. The second kappa shape index (κ2) is 6.34. The first-order chi connectivity index (χ1) is 9.58. The van der Waals surface area contributed by atoms with Crippen molar-refractivity contribution in [3.63, 3.8) is 0 Å². The van der Waals surface area contributed by atoms with Crippen LogP contribution in [0.2, 0.25) is 0 Å². The number of rotatable bonds is 6. The summed E-state index contributed by atoms with van der Waals surface area (Å²) in [5, 5.41) is 13.2. The Kier molecular flexibility index (Phi) is 4.53. The fourth-order valence-electron chi connectivity index (χ4n) is 1.91. The number of anilines is 1. The van der Waals surface area contributed by atoms with Crippen LogP contribution in [0, 0.1) is 0 Å². The zero-order chi connectivity index (χ0) is 14.5. The molecule has 2 rings (SSSR count). The van der Waals surface area contributed by atoms with Crippen molar-refractivity contribution >= 4 is 22.6 Å². The van der Waals surface area contributed by atoms with E-state index in [4.69, 9.17) is 9.84 Å². The summed E-state index contributed by atoms with van der Waals surface area (Å²) in [5.41, 5.74) is 1.47. The second-order valence-corrected chi connectivity index (χ2v) is 4.72. The largest absolute Gasteiger partial charge is 0.477 e. The van der Waals surface area contributed by atoms with Crippen LogP contribution in [-0.2, 0) is 4.74 Å². The summed E-state index contributed by atoms with van der Waals surface area (Å²) in [6.45, 7) is 5.14. The van der Waals surface area contributed by atoms with Crippen molar-refractivity contribution in [2.45, 2.75) is 20.0 Å². The maximum atomic E-state index is 11.1. The molecule has 0 aliphatic rings. The number of carbonyl (C=O) groups is 1. The van der Waals surface area contributed by atoms with Crippen molar-refractivity contribution in [2.75, 3.05) is 18.5 Å². The van der Waals surface area contributed by atoms with Gasteiger partial charge < -0.3 is 15.2 Å². The number of carboxylic acids is 1. The molecule has 20 heavy (non-hydrogen) atoms. The Morgan fingerprint density at radius 1 is 1.40 bits per heavy atom. The van der Waals surface area contributed by atoms with Crippen LogP contribution in [0.1, 0.15) is 24.3 Å². The molecule has 1 heterocycles. The number of benzene rings is 1. The molecule has 5 heteroatoms. The van der Waals surface area contributed by atoms with Gasteiger partial charge in [0.25, 0.3) is 0 Å². The van der Waals surface area contributed by atoms with Crippen LogP contribution >= 0.6 is 0 Å². The summed E-state index contributed by atoms with van der Waals surface area (Å²) >= 11 is 0. The minimum atomic E-state index is -1.03. The standard InChI is InChI=1S/C15H18N2O3/c1-10(2)20-8-7-16-13-9-14(15(18)19)17-12-6-4-3-5-11(12)13/h3-6,9-10H,7-8H2,1-2H3,(H,16,17)(H,18,19). The zero-order valence-corrected chi connectivity index (χ0v) is 11.6. The molecule has 5 nitrogen and oxygen atoms in total. The molecule has 0 aliphatic carbocycles. The van der Waals surface area contributed by atoms with E-state index in [2.05, 4.69) is 10.3 Å². The molecule has 0 spiro atoms. The third-order valence-electron chi connectivity index (χ3n) is 2.80. The second-order valence-electron chi connectivity index (χ2n) is 4.72. The number of ether oxygens (including phenoxy) is 1. The summed E-state index contributed by atoms with van der Waals surface area (Å²) < 4.78 is 5.46. The number of fused-ring (bicyclic) bond motifs is 1. The highest BCUT2D eigenvalue weighted by molar-refractivity contribution is 5.97. The van der Waals surface area contributed by atoms with Gasteiger partial charge in [-0.15, -0.1) is 0 Å². The number of nitrogens with zero attached hydrogens (tertiary/aromatic N) is 1. The third-order valence-corrected chi connectivity index (χ3v) is 2.80. The van der Waals surface area contributed by atoms with Crippen molar-refractivity contribution in [1.82, 2.24) is 4.98 Å². The molecule has 0 atom stereocenters. The normalized spacial score (nSPS) is 10.9. The Hall–Kier alpha value is -2.14. The smallest absolute Gasteiger partial charge is 0.354 e. The predicted octanol–water partition coefficient (Wildman–Crippen LogP) is 2.77. The molecule has 0 fully saturated rings. The van der Waals surface area contributed by atoms with Crippen LogP contribution in [0.4, 0.5) is 5.69 Å². The molecule has 1 aromatic heterocycles. The van der Waals surface area contributed by atoms with Gasteiger partial charge in [-0.1, -0.05) is 18.2 Å². The SMILES string of the molecule is CC(C)OCCNc1cc(C(=O)O)nc2ccccc12. The van der Waals surface area contributed by atoms with Gasteiger partial charge in [0, 0.05) is 17.6 Å². The molecule has 0 radical (unpaired) electrons. The van der Waals surface area contributed by atoms with Gasteiger partial charge in [0.05, 0.1) is 18.2 Å². The van der Waals surface area contributed by atoms with Crippen LogP contribution in [0.5, 0.6) is 0 Å². The minimum absolute atomic E-state index is 0.0379. The summed E-state index contributed by atoms with van der Waals surface area (Å²) in [6.07, 6.45) is 0.181. The third kappa shape index (κ3) is 3.45. The average Bonchev–Trinajstić information content (AvgIpc) is 2.42. The van der Waals surface area contributed by atoms with E-state index in [1.807, 2.05) is 32.0 Å². The minimum Gasteiger partial charge on any atom is -0.477 e. The fraction of sp³-hybridized carbons (Fsp3) is 0.333. The number of aromatic carboxylic acids is 1. The predicted molar refractivity (Wildman–Crippen MR) is 78.3 cm³/mol. The van der Waals surface area contributed by atoms with E-state index in [1.165, 1.54) is 0 Å². The summed E-state index contributed by atoms with van der Waals surface area (Å²) in [5.74, 6) is -1.03.